The van der Waals surface area contributed by atoms with Crippen LogP contribution in [0, 0.1) is 13.8 Å². The third-order valence-electron chi connectivity index (χ3n) is 2.49. The van der Waals surface area contributed by atoms with Gasteiger partial charge in [-0.25, -0.2) is 0 Å². The number of aromatic hydroxyl groups is 1. The highest BCUT2D eigenvalue weighted by atomic mass is 16.5. The fraction of sp³-hybridized carbons (Fsp3) is 0.462. The van der Waals surface area contributed by atoms with Crippen LogP contribution in [0.5, 0.6) is 5.75 Å². The molecule has 0 atom stereocenters. The molecule has 0 unspecified atom stereocenters. The third kappa shape index (κ3) is 4.07. The molecule has 1 amide bonds. The first-order valence-electron chi connectivity index (χ1n) is 5.72. The second-order valence-corrected chi connectivity index (χ2v) is 3.95. The minimum Gasteiger partial charge on any atom is -0.508 e. The minimum absolute atomic E-state index is 0.0772. The molecule has 0 saturated carbocycles. The molecule has 1 aromatic carbocycles. The Balaban J connectivity index is 2.62. The predicted octanol–water partition coefficient (Wildman–Crippen LogP) is 2.37. The van der Waals surface area contributed by atoms with Gasteiger partial charge in [-0.2, -0.15) is 0 Å². The fourth-order valence-electron chi connectivity index (χ4n) is 1.46. The molecule has 0 fully saturated rings. The van der Waals surface area contributed by atoms with Gasteiger partial charge >= 0.3 is 0 Å². The molecule has 0 bridgehead atoms. The third-order valence-corrected chi connectivity index (χ3v) is 2.49. The number of carbonyl (C=O) groups is 1. The number of benzene rings is 1. The number of anilines is 1. The Morgan fingerprint density at radius 2 is 2.06 bits per heavy atom. The molecular weight excluding hydrogens is 218 g/mol. The van der Waals surface area contributed by atoms with Crippen molar-refractivity contribution in [2.45, 2.75) is 27.2 Å². The molecule has 1 rings (SSSR count). The van der Waals surface area contributed by atoms with Crippen LogP contribution in [0.1, 0.15) is 24.5 Å². The lowest BCUT2D eigenvalue weighted by Gasteiger charge is -2.10. The topological polar surface area (TPSA) is 58.6 Å². The van der Waals surface area contributed by atoms with Crippen LogP contribution in [0.2, 0.25) is 0 Å². The first kappa shape index (κ1) is 13.5. The Kier molecular flexibility index (Phi) is 4.97. The normalized spacial score (nSPS) is 10.3. The molecule has 4 heteroatoms. The van der Waals surface area contributed by atoms with E-state index in [2.05, 4.69) is 5.32 Å². The largest absolute Gasteiger partial charge is 0.508 e. The maximum Gasteiger partial charge on any atom is 0.226 e. The van der Waals surface area contributed by atoms with Crippen LogP contribution >= 0.6 is 0 Å². The minimum atomic E-state index is -0.0772. The van der Waals surface area contributed by atoms with Crippen molar-refractivity contribution in [1.29, 1.82) is 0 Å². The summed E-state index contributed by atoms with van der Waals surface area (Å²) in [5.41, 5.74) is 2.33. The van der Waals surface area contributed by atoms with Crippen molar-refractivity contribution in [3.8, 4) is 5.75 Å². The van der Waals surface area contributed by atoms with Gasteiger partial charge in [0.1, 0.15) is 5.75 Å². The van der Waals surface area contributed by atoms with E-state index in [-0.39, 0.29) is 11.7 Å². The Morgan fingerprint density at radius 1 is 1.35 bits per heavy atom. The van der Waals surface area contributed by atoms with Gasteiger partial charge in [0.15, 0.2) is 0 Å². The van der Waals surface area contributed by atoms with Gasteiger partial charge in [0, 0.05) is 12.3 Å². The summed E-state index contributed by atoms with van der Waals surface area (Å²) in [4.78, 5) is 11.6. The molecule has 0 radical (unpaired) electrons. The molecule has 0 spiro atoms. The molecule has 4 nitrogen and oxygen atoms in total. The lowest BCUT2D eigenvalue weighted by molar-refractivity contribution is -0.117. The SMILES string of the molecule is CCOCCC(=O)Nc1cc(C)c(O)cc1C. The van der Waals surface area contributed by atoms with Gasteiger partial charge in [0.2, 0.25) is 5.91 Å². The van der Waals surface area contributed by atoms with Gasteiger partial charge in [0.05, 0.1) is 13.0 Å². The molecule has 0 aliphatic carbocycles. The van der Waals surface area contributed by atoms with E-state index in [1.807, 2.05) is 13.8 Å². The number of rotatable bonds is 5. The summed E-state index contributed by atoms with van der Waals surface area (Å²) in [5, 5.41) is 12.3. The molecule has 0 aromatic heterocycles. The van der Waals surface area contributed by atoms with E-state index in [0.29, 0.717) is 19.6 Å². The number of phenols is 1. The predicted molar refractivity (Wildman–Crippen MR) is 67.3 cm³/mol. The molecule has 1 aromatic rings. The van der Waals surface area contributed by atoms with Gasteiger partial charge < -0.3 is 15.2 Å². The van der Waals surface area contributed by atoms with E-state index in [0.717, 1.165) is 16.8 Å². The van der Waals surface area contributed by atoms with Gasteiger partial charge in [-0.05, 0) is 44.0 Å². The van der Waals surface area contributed by atoms with Crippen LogP contribution in [-0.2, 0) is 9.53 Å². The van der Waals surface area contributed by atoms with Crippen molar-refractivity contribution >= 4 is 11.6 Å². The summed E-state index contributed by atoms with van der Waals surface area (Å²) in [6.07, 6.45) is 0.340. The van der Waals surface area contributed by atoms with Crippen molar-refractivity contribution in [2.75, 3.05) is 18.5 Å². The molecule has 0 aliphatic rings. The van der Waals surface area contributed by atoms with Crippen molar-refractivity contribution in [1.82, 2.24) is 0 Å². The van der Waals surface area contributed by atoms with Crippen LogP contribution in [-0.4, -0.2) is 24.2 Å². The molecule has 2 N–H and O–H groups in total. The van der Waals surface area contributed by atoms with Gasteiger partial charge in [0.25, 0.3) is 0 Å². The maximum absolute atomic E-state index is 11.6. The fourth-order valence-corrected chi connectivity index (χ4v) is 1.46. The van der Waals surface area contributed by atoms with Crippen LogP contribution < -0.4 is 5.32 Å². The Labute approximate surface area is 102 Å². The van der Waals surface area contributed by atoms with E-state index in [9.17, 15) is 9.90 Å². The van der Waals surface area contributed by atoms with Crippen LogP contribution in [0.15, 0.2) is 12.1 Å². The van der Waals surface area contributed by atoms with E-state index >= 15 is 0 Å². The number of aryl methyl sites for hydroxylation is 2. The Bertz CT molecular complexity index is 402. The number of hydrogen-bond donors (Lipinski definition) is 2. The number of ether oxygens (including phenoxy) is 1. The number of nitrogens with one attached hydrogen (secondary N) is 1. The molecule has 0 aliphatic heterocycles. The summed E-state index contributed by atoms with van der Waals surface area (Å²) >= 11 is 0. The van der Waals surface area contributed by atoms with Crippen molar-refractivity contribution in [2.24, 2.45) is 0 Å². The number of carbonyl (C=O) groups excluding carboxylic acids is 1. The van der Waals surface area contributed by atoms with E-state index in [1.165, 1.54) is 0 Å². The van der Waals surface area contributed by atoms with Crippen LogP contribution in [0.25, 0.3) is 0 Å². The summed E-state index contributed by atoms with van der Waals surface area (Å²) in [6.45, 7) is 6.58. The molecular formula is C13H19NO3. The molecule has 0 heterocycles. The second kappa shape index (κ2) is 6.25. The average molecular weight is 237 g/mol. The van der Waals surface area contributed by atoms with Gasteiger partial charge in [-0.1, -0.05) is 0 Å². The Morgan fingerprint density at radius 3 is 2.71 bits per heavy atom. The van der Waals surface area contributed by atoms with Crippen molar-refractivity contribution < 1.29 is 14.6 Å². The standard InChI is InChI=1S/C13H19NO3/c1-4-17-6-5-13(16)14-11-7-10(3)12(15)8-9(11)2/h7-8,15H,4-6H2,1-3H3,(H,14,16). The average Bonchev–Trinajstić information content (AvgIpc) is 2.26. The van der Waals surface area contributed by atoms with Gasteiger partial charge in [-0.3, -0.25) is 4.79 Å². The summed E-state index contributed by atoms with van der Waals surface area (Å²) in [6, 6.07) is 3.41. The Hall–Kier alpha value is -1.55. The quantitative estimate of drug-likeness (QED) is 0.610. The lowest BCUT2D eigenvalue weighted by atomic mass is 10.1. The smallest absolute Gasteiger partial charge is 0.226 e. The highest BCUT2D eigenvalue weighted by Gasteiger charge is 2.07. The zero-order valence-electron chi connectivity index (χ0n) is 10.5. The maximum atomic E-state index is 11.6. The van der Waals surface area contributed by atoms with E-state index in [4.69, 9.17) is 4.74 Å². The van der Waals surface area contributed by atoms with Crippen molar-refractivity contribution in [3.05, 3.63) is 23.3 Å². The highest BCUT2D eigenvalue weighted by Crippen LogP contribution is 2.24. The first-order chi connectivity index (χ1) is 8.04. The first-order valence-corrected chi connectivity index (χ1v) is 5.72. The monoisotopic (exact) mass is 237 g/mol. The molecule has 17 heavy (non-hydrogen) atoms. The highest BCUT2D eigenvalue weighted by molar-refractivity contribution is 5.91. The summed E-state index contributed by atoms with van der Waals surface area (Å²) in [5.74, 6) is 0.168. The van der Waals surface area contributed by atoms with Crippen LogP contribution in [0.4, 0.5) is 5.69 Å². The lowest BCUT2D eigenvalue weighted by Crippen LogP contribution is -2.15. The zero-order valence-corrected chi connectivity index (χ0v) is 10.5. The van der Waals surface area contributed by atoms with Gasteiger partial charge in [-0.15, -0.1) is 0 Å². The number of hydrogen-bond acceptors (Lipinski definition) is 3. The summed E-state index contributed by atoms with van der Waals surface area (Å²) in [7, 11) is 0. The van der Waals surface area contributed by atoms with Crippen LogP contribution in [0.3, 0.4) is 0 Å². The number of amides is 1. The zero-order chi connectivity index (χ0) is 12.8. The molecule has 0 saturated heterocycles. The van der Waals surface area contributed by atoms with E-state index < -0.39 is 0 Å². The molecule has 94 valence electrons. The second-order valence-electron chi connectivity index (χ2n) is 3.95. The van der Waals surface area contributed by atoms with Crippen molar-refractivity contribution in [3.63, 3.8) is 0 Å². The summed E-state index contributed by atoms with van der Waals surface area (Å²) < 4.78 is 5.11. The van der Waals surface area contributed by atoms with E-state index in [1.54, 1.807) is 19.1 Å². The number of phenolic OH excluding ortho intramolecular Hbond substituents is 1.